The van der Waals surface area contributed by atoms with Gasteiger partial charge in [-0.25, -0.2) is 13.5 Å². The first-order chi connectivity index (χ1) is 18.9. The molecule has 0 fully saturated rings. The molecule has 3 aromatic rings. The second-order valence-electron chi connectivity index (χ2n) is 10.1. The van der Waals surface area contributed by atoms with Gasteiger partial charge in [-0.1, -0.05) is 19.9 Å². The van der Waals surface area contributed by atoms with Gasteiger partial charge in [-0.3, -0.25) is 9.59 Å². The largest absolute Gasteiger partial charge is 1.00 e. The molecular weight excluding hydrogens is 547 g/mol. The summed E-state index contributed by atoms with van der Waals surface area (Å²) in [5.74, 6) is -2.61. The molecule has 0 radical (unpaired) electrons. The van der Waals surface area contributed by atoms with Crippen molar-refractivity contribution in [2.24, 2.45) is 0 Å². The topological polar surface area (TPSA) is 125 Å². The quantitative estimate of drug-likeness (QED) is 0.258. The molecule has 0 saturated heterocycles. The Balaban J connectivity index is 0.00000441. The van der Waals surface area contributed by atoms with Crippen molar-refractivity contribution in [3.8, 4) is 11.4 Å². The number of aliphatic hydroxyl groups is 2. The van der Waals surface area contributed by atoms with Gasteiger partial charge < -0.3 is 26.4 Å². The Morgan fingerprint density at radius 1 is 1.10 bits per heavy atom. The van der Waals surface area contributed by atoms with Crippen LogP contribution in [0.5, 0.6) is 5.75 Å². The van der Waals surface area contributed by atoms with Crippen molar-refractivity contribution in [3.05, 3.63) is 76.6 Å². The van der Waals surface area contributed by atoms with Crippen LogP contribution in [0.3, 0.4) is 0 Å². The van der Waals surface area contributed by atoms with Crippen LogP contribution >= 0.6 is 0 Å². The van der Waals surface area contributed by atoms with Crippen LogP contribution in [0.1, 0.15) is 67.8 Å². The van der Waals surface area contributed by atoms with Crippen LogP contribution in [0.2, 0.25) is 0 Å². The zero-order valence-corrected chi connectivity index (χ0v) is 26.0. The summed E-state index contributed by atoms with van der Waals surface area (Å²) in [7, 11) is 2.95. The maximum Gasteiger partial charge on any atom is 1.00 e. The van der Waals surface area contributed by atoms with Gasteiger partial charge in [0, 0.05) is 24.8 Å². The normalized spacial score (nSPS) is 12.5. The monoisotopic (exact) mass is 583 g/mol. The van der Waals surface area contributed by atoms with Gasteiger partial charge in [-0.05, 0) is 67.1 Å². The second kappa shape index (κ2) is 15.4. The van der Waals surface area contributed by atoms with Crippen LogP contribution in [-0.2, 0) is 17.8 Å². The molecule has 3 N–H and O–H groups in total. The molecule has 2 atom stereocenters. The summed E-state index contributed by atoms with van der Waals surface area (Å²) >= 11 is 0. The fourth-order valence-corrected chi connectivity index (χ4v) is 4.62. The van der Waals surface area contributed by atoms with Gasteiger partial charge in [0.05, 0.1) is 31.4 Å². The molecule has 0 bridgehead atoms. The van der Waals surface area contributed by atoms with E-state index in [0.29, 0.717) is 22.5 Å². The number of amides is 1. The van der Waals surface area contributed by atoms with E-state index >= 15 is 0 Å². The van der Waals surface area contributed by atoms with Crippen LogP contribution in [0, 0.1) is 11.6 Å². The van der Waals surface area contributed by atoms with Crippen LogP contribution in [0.15, 0.2) is 42.5 Å². The Bertz CT molecular complexity index is 1340. The minimum absolute atomic E-state index is 0. The molecule has 218 valence electrons. The van der Waals surface area contributed by atoms with E-state index in [-0.39, 0.29) is 74.2 Å². The molecular formula is C29H36F2N3NaO6. The van der Waals surface area contributed by atoms with Gasteiger partial charge in [-0.2, -0.15) is 5.10 Å². The van der Waals surface area contributed by atoms with Crippen molar-refractivity contribution in [2.45, 2.75) is 64.2 Å². The molecule has 1 aromatic heterocycles. The van der Waals surface area contributed by atoms with Crippen molar-refractivity contribution in [1.82, 2.24) is 14.7 Å². The standard InChI is InChI=1S/C29H35F2N3O6.Na.H/c1-17(2)27-24(11-10-21(35)14-22(36)15-26(37)38)34(20-8-6-19(30)7-9-20)32-28(27)29(39)33(3)16-18-5-12-25(40-4)23(31)13-18;;/h5-9,12-13,17,21-22,35-36H,10-11,14-16H2,1-4H3,(H,37,38);;/q;+1;-1. The molecule has 41 heavy (non-hydrogen) atoms. The van der Waals surface area contributed by atoms with Crippen LogP contribution in [-0.4, -0.2) is 68.2 Å². The third kappa shape index (κ3) is 9.08. The number of aliphatic carboxylic acids is 1. The number of carbonyl (C=O) groups excluding carboxylic acids is 1. The summed E-state index contributed by atoms with van der Waals surface area (Å²) in [4.78, 5) is 25.9. The minimum atomic E-state index is -1.20. The molecule has 2 unspecified atom stereocenters. The molecule has 0 aliphatic carbocycles. The van der Waals surface area contributed by atoms with E-state index in [2.05, 4.69) is 5.10 Å². The smallest absolute Gasteiger partial charge is 1.00 e. The van der Waals surface area contributed by atoms with Gasteiger partial charge in [0.1, 0.15) is 5.82 Å². The number of hydrogen-bond acceptors (Lipinski definition) is 6. The van der Waals surface area contributed by atoms with Gasteiger partial charge in [0.25, 0.3) is 5.91 Å². The third-order valence-corrected chi connectivity index (χ3v) is 6.52. The molecule has 2 aromatic carbocycles. The number of aliphatic hydroxyl groups excluding tert-OH is 2. The Labute approximate surface area is 261 Å². The summed E-state index contributed by atoms with van der Waals surface area (Å²) < 4.78 is 34.4. The van der Waals surface area contributed by atoms with E-state index in [1.807, 2.05) is 13.8 Å². The van der Waals surface area contributed by atoms with E-state index in [9.17, 15) is 28.6 Å². The number of carboxylic acid groups (broad SMARTS) is 1. The average molecular weight is 584 g/mol. The maximum atomic E-state index is 14.2. The van der Waals surface area contributed by atoms with E-state index in [4.69, 9.17) is 9.84 Å². The second-order valence-corrected chi connectivity index (χ2v) is 10.1. The first kappa shape index (κ1) is 34.4. The third-order valence-electron chi connectivity index (χ3n) is 6.52. The zero-order valence-electron chi connectivity index (χ0n) is 25.0. The number of rotatable bonds is 13. The summed E-state index contributed by atoms with van der Waals surface area (Å²) in [6.07, 6.45) is -2.39. The van der Waals surface area contributed by atoms with Gasteiger partial charge in [0.15, 0.2) is 17.3 Å². The van der Waals surface area contributed by atoms with Crippen LogP contribution < -0.4 is 34.3 Å². The number of halogens is 2. The van der Waals surface area contributed by atoms with Crippen molar-refractivity contribution in [1.29, 1.82) is 0 Å². The van der Waals surface area contributed by atoms with E-state index in [1.54, 1.807) is 17.8 Å². The Morgan fingerprint density at radius 3 is 2.32 bits per heavy atom. The molecule has 0 spiro atoms. The fraction of sp³-hybridized carbons (Fsp3) is 0.414. The summed E-state index contributed by atoms with van der Waals surface area (Å²) in [5, 5.41) is 33.9. The number of aromatic nitrogens is 2. The van der Waals surface area contributed by atoms with Crippen LogP contribution in [0.25, 0.3) is 5.69 Å². The Kier molecular flexibility index (Phi) is 12.9. The van der Waals surface area contributed by atoms with E-state index in [1.165, 1.54) is 48.4 Å². The average Bonchev–Trinajstić information content (AvgIpc) is 3.26. The molecule has 3 rings (SSSR count). The summed E-state index contributed by atoms with van der Waals surface area (Å²) in [5.41, 5.74) is 2.51. The molecule has 0 aliphatic heterocycles. The maximum absolute atomic E-state index is 14.2. The Morgan fingerprint density at radius 2 is 1.76 bits per heavy atom. The molecule has 1 amide bonds. The van der Waals surface area contributed by atoms with E-state index in [0.717, 1.165) is 0 Å². The predicted molar refractivity (Wildman–Crippen MR) is 145 cm³/mol. The van der Waals surface area contributed by atoms with Crippen molar-refractivity contribution >= 4 is 11.9 Å². The number of benzene rings is 2. The van der Waals surface area contributed by atoms with Gasteiger partial charge in [-0.15, -0.1) is 0 Å². The van der Waals surface area contributed by atoms with Gasteiger partial charge in [0.2, 0.25) is 0 Å². The summed E-state index contributed by atoms with van der Waals surface area (Å²) in [6, 6.07) is 10.1. The van der Waals surface area contributed by atoms with Crippen molar-refractivity contribution in [2.75, 3.05) is 14.2 Å². The SMILES string of the molecule is COc1ccc(CN(C)C(=O)c2nn(-c3ccc(F)cc3)c(CCC(O)CC(O)CC(=O)O)c2C(C)C)cc1F.[H-].[Na+]. The Hall–Kier alpha value is -2.83. The number of ether oxygens (including phenoxy) is 1. The van der Waals surface area contributed by atoms with Crippen molar-refractivity contribution in [3.63, 3.8) is 0 Å². The molecule has 12 heteroatoms. The zero-order chi connectivity index (χ0) is 29.6. The van der Waals surface area contributed by atoms with Crippen molar-refractivity contribution < 1.29 is 69.4 Å². The number of methoxy groups -OCH3 is 1. The summed E-state index contributed by atoms with van der Waals surface area (Å²) in [6.45, 7) is 3.91. The van der Waals surface area contributed by atoms with Gasteiger partial charge >= 0.3 is 35.5 Å². The number of nitrogens with zero attached hydrogens (tertiary/aromatic N) is 3. The molecule has 0 saturated carbocycles. The predicted octanol–water partition coefficient (Wildman–Crippen LogP) is 1.19. The molecule has 0 aliphatic rings. The number of carboxylic acids is 1. The first-order valence-electron chi connectivity index (χ1n) is 12.9. The van der Waals surface area contributed by atoms with Crippen LogP contribution in [0.4, 0.5) is 8.78 Å². The fourth-order valence-electron chi connectivity index (χ4n) is 4.62. The first-order valence-corrected chi connectivity index (χ1v) is 12.9. The molecule has 9 nitrogen and oxygen atoms in total. The number of carbonyl (C=O) groups is 2. The minimum Gasteiger partial charge on any atom is -1.00 e. The number of hydrogen-bond donors (Lipinski definition) is 3. The molecule has 1 heterocycles. The van der Waals surface area contributed by atoms with E-state index < -0.39 is 42.1 Å².